The summed E-state index contributed by atoms with van der Waals surface area (Å²) in [5.41, 5.74) is 0.331. The van der Waals surface area contributed by atoms with E-state index < -0.39 is 18.3 Å². The van der Waals surface area contributed by atoms with Gasteiger partial charge in [0.2, 0.25) is 0 Å². The number of methoxy groups -OCH3 is 1. The van der Waals surface area contributed by atoms with E-state index in [1.165, 1.54) is 13.2 Å². The van der Waals surface area contributed by atoms with Crippen molar-refractivity contribution in [2.24, 2.45) is 0 Å². The molecule has 0 aliphatic carbocycles. The third-order valence-electron chi connectivity index (χ3n) is 4.50. The van der Waals surface area contributed by atoms with Gasteiger partial charge in [-0.15, -0.1) is 0 Å². The number of rotatable bonds is 5. The lowest BCUT2D eigenvalue weighted by Gasteiger charge is -2.32. The van der Waals surface area contributed by atoms with Crippen LogP contribution in [0.3, 0.4) is 0 Å². The molecule has 1 fully saturated rings. The molecule has 6 heteroatoms. The molecule has 0 amide bonds. The van der Waals surface area contributed by atoms with Crippen LogP contribution >= 0.6 is 0 Å². The van der Waals surface area contributed by atoms with Gasteiger partial charge in [0.1, 0.15) is 11.6 Å². The lowest BCUT2D eigenvalue weighted by Crippen LogP contribution is -2.41. The summed E-state index contributed by atoms with van der Waals surface area (Å²) in [5, 5.41) is 3.09. The molecule has 0 atom stereocenters. The first-order valence-corrected chi connectivity index (χ1v) is 7.75. The summed E-state index contributed by atoms with van der Waals surface area (Å²) >= 11 is 0. The Labute approximate surface area is 138 Å². The zero-order valence-corrected chi connectivity index (χ0v) is 14.7. The van der Waals surface area contributed by atoms with E-state index in [2.05, 4.69) is 5.32 Å². The van der Waals surface area contributed by atoms with E-state index in [1.807, 2.05) is 34.7 Å². The molecule has 2 rings (SSSR count). The highest BCUT2D eigenvalue weighted by Gasteiger charge is 2.52. The molecule has 1 aliphatic rings. The van der Waals surface area contributed by atoms with Gasteiger partial charge in [-0.2, -0.15) is 0 Å². The van der Waals surface area contributed by atoms with Gasteiger partial charge in [-0.3, -0.25) is 0 Å². The second kappa shape index (κ2) is 6.63. The quantitative estimate of drug-likeness (QED) is 0.846. The molecule has 1 aromatic rings. The summed E-state index contributed by atoms with van der Waals surface area (Å²) in [6.07, 6.45) is 1.74. The first-order valence-electron chi connectivity index (χ1n) is 7.75. The van der Waals surface area contributed by atoms with Crippen LogP contribution in [0.15, 0.2) is 23.7 Å². The number of benzene rings is 1. The summed E-state index contributed by atoms with van der Waals surface area (Å²) in [7, 11) is 2.83. The molecular weight excluding hydrogens is 296 g/mol. The number of hydrogen-bond donors (Lipinski definition) is 1. The van der Waals surface area contributed by atoms with Gasteiger partial charge in [-0.1, -0.05) is 12.1 Å². The zero-order valence-electron chi connectivity index (χ0n) is 14.7. The van der Waals surface area contributed by atoms with E-state index in [-0.39, 0.29) is 5.82 Å². The maximum atomic E-state index is 14.2. The second-order valence-corrected chi connectivity index (χ2v) is 6.69. The standard InChI is InChI=1S/C17H25BFNO3/c1-16(2)17(3,4)23-18(22-16)12(11-20-5)10-13-14(19)8-7-9-15(13)21-6/h7-10,20H,11H2,1-6H3. The predicted octanol–water partition coefficient (Wildman–Crippen LogP) is 3.07. The lowest BCUT2D eigenvalue weighted by molar-refractivity contribution is 0.00578. The molecular formula is C17H25BFNO3. The van der Waals surface area contributed by atoms with Crippen LogP contribution in [0.5, 0.6) is 5.75 Å². The third-order valence-corrected chi connectivity index (χ3v) is 4.50. The van der Waals surface area contributed by atoms with Crippen LogP contribution in [0.25, 0.3) is 6.08 Å². The van der Waals surface area contributed by atoms with Crippen LogP contribution in [0, 0.1) is 5.82 Å². The maximum absolute atomic E-state index is 14.2. The van der Waals surface area contributed by atoms with Crippen molar-refractivity contribution in [1.82, 2.24) is 5.32 Å². The van der Waals surface area contributed by atoms with E-state index in [9.17, 15) is 4.39 Å². The molecule has 0 radical (unpaired) electrons. The summed E-state index contributed by atoms with van der Waals surface area (Å²) in [6.45, 7) is 8.50. The Morgan fingerprint density at radius 2 is 1.87 bits per heavy atom. The lowest BCUT2D eigenvalue weighted by atomic mass is 9.77. The maximum Gasteiger partial charge on any atom is 0.491 e. The molecule has 1 aliphatic heterocycles. The fourth-order valence-electron chi connectivity index (χ4n) is 2.42. The number of ether oxygens (including phenoxy) is 1. The molecule has 0 spiro atoms. The van der Waals surface area contributed by atoms with Crippen molar-refractivity contribution in [2.45, 2.75) is 38.9 Å². The van der Waals surface area contributed by atoms with E-state index in [1.54, 1.807) is 18.2 Å². The van der Waals surface area contributed by atoms with Crippen LogP contribution in [0.1, 0.15) is 33.3 Å². The molecule has 0 saturated carbocycles. The number of likely N-dealkylation sites (N-methyl/N-ethyl adjacent to an activating group) is 1. The van der Waals surface area contributed by atoms with Crippen molar-refractivity contribution in [3.05, 3.63) is 35.1 Å². The first kappa shape index (κ1) is 18.0. The van der Waals surface area contributed by atoms with Crippen molar-refractivity contribution in [3.63, 3.8) is 0 Å². The van der Waals surface area contributed by atoms with E-state index in [0.717, 1.165) is 5.47 Å². The summed E-state index contributed by atoms with van der Waals surface area (Å²) in [5.74, 6) is 0.143. The predicted molar refractivity (Wildman–Crippen MR) is 90.9 cm³/mol. The minimum absolute atomic E-state index is 0.338. The van der Waals surface area contributed by atoms with Gasteiger partial charge in [-0.25, -0.2) is 4.39 Å². The number of nitrogens with one attached hydrogen (secondary N) is 1. The van der Waals surface area contributed by atoms with E-state index >= 15 is 0 Å². The average molecular weight is 321 g/mol. The van der Waals surface area contributed by atoms with Gasteiger partial charge in [0.15, 0.2) is 0 Å². The monoisotopic (exact) mass is 321 g/mol. The molecule has 1 saturated heterocycles. The normalized spacial score (nSPS) is 20.0. The Morgan fingerprint density at radius 1 is 1.26 bits per heavy atom. The number of halogens is 1. The highest BCUT2D eigenvalue weighted by Crippen LogP contribution is 2.39. The summed E-state index contributed by atoms with van der Waals surface area (Å²) in [4.78, 5) is 0. The van der Waals surface area contributed by atoms with E-state index in [0.29, 0.717) is 17.9 Å². The minimum Gasteiger partial charge on any atom is -0.496 e. The van der Waals surface area contributed by atoms with Crippen molar-refractivity contribution in [2.75, 3.05) is 20.7 Å². The zero-order chi connectivity index (χ0) is 17.3. The van der Waals surface area contributed by atoms with Crippen molar-refractivity contribution in [3.8, 4) is 5.75 Å². The van der Waals surface area contributed by atoms with Crippen LogP contribution in [0.4, 0.5) is 4.39 Å². The Bertz CT molecular complexity index is 586. The van der Waals surface area contributed by atoms with Gasteiger partial charge in [0.25, 0.3) is 0 Å². The van der Waals surface area contributed by atoms with Gasteiger partial charge in [0, 0.05) is 6.54 Å². The molecule has 4 nitrogen and oxygen atoms in total. The molecule has 1 aromatic carbocycles. The van der Waals surface area contributed by atoms with Gasteiger partial charge in [-0.05, 0) is 52.3 Å². The Morgan fingerprint density at radius 3 is 2.39 bits per heavy atom. The Balaban J connectivity index is 2.41. The second-order valence-electron chi connectivity index (χ2n) is 6.69. The molecule has 0 aromatic heterocycles. The van der Waals surface area contributed by atoms with Crippen LogP contribution in [-0.4, -0.2) is 39.0 Å². The van der Waals surface area contributed by atoms with Crippen molar-refractivity contribution < 1.29 is 18.4 Å². The van der Waals surface area contributed by atoms with Gasteiger partial charge in [0.05, 0.1) is 23.9 Å². The number of hydrogen-bond acceptors (Lipinski definition) is 4. The fourth-order valence-corrected chi connectivity index (χ4v) is 2.42. The summed E-state index contributed by atoms with van der Waals surface area (Å²) < 4.78 is 31.6. The smallest absolute Gasteiger partial charge is 0.491 e. The Hall–Kier alpha value is -1.37. The summed E-state index contributed by atoms with van der Waals surface area (Å²) in [6, 6.07) is 4.77. The fraction of sp³-hybridized carbons (Fsp3) is 0.529. The van der Waals surface area contributed by atoms with Crippen LogP contribution in [-0.2, 0) is 9.31 Å². The first-order chi connectivity index (χ1) is 10.7. The van der Waals surface area contributed by atoms with Gasteiger partial charge >= 0.3 is 7.12 Å². The average Bonchev–Trinajstić information content (AvgIpc) is 2.68. The topological polar surface area (TPSA) is 39.7 Å². The molecule has 0 unspecified atom stereocenters. The molecule has 126 valence electrons. The van der Waals surface area contributed by atoms with Crippen LogP contribution in [0.2, 0.25) is 0 Å². The minimum atomic E-state index is -0.531. The van der Waals surface area contributed by atoms with E-state index in [4.69, 9.17) is 14.0 Å². The largest absolute Gasteiger partial charge is 0.496 e. The molecule has 23 heavy (non-hydrogen) atoms. The molecule has 1 heterocycles. The van der Waals surface area contributed by atoms with Gasteiger partial charge < -0.3 is 19.4 Å². The van der Waals surface area contributed by atoms with Crippen molar-refractivity contribution in [1.29, 1.82) is 0 Å². The molecule has 1 N–H and O–H groups in total. The third kappa shape index (κ3) is 3.60. The SMILES string of the molecule is CNCC(=Cc1c(F)cccc1OC)B1OC(C)(C)C(C)(C)O1. The van der Waals surface area contributed by atoms with Crippen LogP contribution < -0.4 is 10.1 Å². The Kier molecular flexibility index (Phi) is 5.18. The molecule has 0 bridgehead atoms. The highest BCUT2D eigenvalue weighted by atomic mass is 19.1. The highest BCUT2D eigenvalue weighted by molar-refractivity contribution is 6.56. The van der Waals surface area contributed by atoms with Crippen molar-refractivity contribution >= 4 is 13.2 Å².